The molecule has 0 bridgehead atoms. The standard InChI is InChI=1S/C20H28N2O3S/c1-21(2)12-15-11-20(19(24)25-15)7-9-22(10-8-20)18(23)17-16-6-4-3-5-14(16)13-26-17/h13,15H,3-12H2,1-2H3. The Morgan fingerprint density at radius 2 is 2.04 bits per heavy atom. The number of cyclic esters (lactones) is 1. The van der Waals surface area contributed by atoms with Gasteiger partial charge in [-0.1, -0.05) is 0 Å². The van der Waals surface area contributed by atoms with E-state index < -0.39 is 0 Å². The lowest BCUT2D eigenvalue weighted by Crippen LogP contribution is -2.45. The van der Waals surface area contributed by atoms with Crippen LogP contribution in [0.2, 0.25) is 0 Å². The molecule has 0 aromatic carbocycles. The zero-order valence-electron chi connectivity index (χ0n) is 15.8. The average molecular weight is 377 g/mol. The summed E-state index contributed by atoms with van der Waals surface area (Å²) in [5.41, 5.74) is 2.30. The number of fused-ring (bicyclic) bond motifs is 1. The highest BCUT2D eigenvalue weighted by Gasteiger charge is 2.51. The van der Waals surface area contributed by atoms with Crippen molar-refractivity contribution in [1.82, 2.24) is 9.80 Å². The number of aryl methyl sites for hydroxylation is 1. The number of esters is 1. The highest BCUT2D eigenvalue weighted by Crippen LogP contribution is 2.43. The Balaban J connectivity index is 1.41. The van der Waals surface area contributed by atoms with Gasteiger partial charge in [0.25, 0.3) is 5.91 Å². The van der Waals surface area contributed by atoms with E-state index in [4.69, 9.17) is 4.74 Å². The zero-order chi connectivity index (χ0) is 18.3. The number of ether oxygens (including phenoxy) is 1. The monoisotopic (exact) mass is 376 g/mol. The minimum absolute atomic E-state index is 0.0101. The number of carbonyl (C=O) groups excluding carboxylic acids is 2. The van der Waals surface area contributed by atoms with Crippen LogP contribution >= 0.6 is 11.3 Å². The summed E-state index contributed by atoms with van der Waals surface area (Å²) in [6, 6.07) is 0. The van der Waals surface area contributed by atoms with Gasteiger partial charge in [-0.25, -0.2) is 0 Å². The van der Waals surface area contributed by atoms with Gasteiger partial charge in [0.15, 0.2) is 0 Å². The summed E-state index contributed by atoms with van der Waals surface area (Å²) in [4.78, 5) is 30.5. The molecule has 5 nitrogen and oxygen atoms in total. The van der Waals surface area contributed by atoms with E-state index >= 15 is 0 Å². The highest BCUT2D eigenvalue weighted by molar-refractivity contribution is 7.12. The lowest BCUT2D eigenvalue weighted by Gasteiger charge is -2.36. The van der Waals surface area contributed by atoms with Gasteiger partial charge in [0.1, 0.15) is 6.10 Å². The van der Waals surface area contributed by atoms with Crippen LogP contribution in [0.25, 0.3) is 0 Å². The fourth-order valence-corrected chi connectivity index (χ4v) is 5.86. The van der Waals surface area contributed by atoms with Crippen molar-refractivity contribution in [2.45, 2.75) is 51.0 Å². The van der Waals surface area contributed by atoms with E-state index in [1.165, 1.54) is 24.0 Å². The number of thiophene rings is 1. The Bertz CT molecular complexity index is 704. The molecule has 1 amide bonds. The smallest absolute Gasteiger partial charge is 0.312 e. The first-order valence-corrected chi connectivity index (χ1v) is 10.6. The average Bonchev–Trinajstić information content (AvgIpc) is 3.16. The van der Waals surface area contributed by atoms with Crippen molar-refractivity contribution in [1.29, 1.82) is 0 Å². The van der Waals surface area contributed by atoms with Crippen LogP contribution in [-0.4, -0.2) is 61.5 Å². The number of piperidine rings is 1. The van der Waals surface area contributed by atoms with Crippen LogP contribution in [-0.2, 0) is 22.4 Å². The van der Waals surface area contributed by atoms with E-state index in [9.17, 15) is 9.59 Å². The molecular formula is C20H28N2O3S. The molecule has 1 aromatic rings. The first-order valence-electron chi connectivity index (χ1n) is 9.73. The lowest BCUT2D eigenvalue weighted by molar-refractivity contribution is -0.150. The first kappa shape index (κ1) is 18.0. The highest BCUT2D eigenvalue weighted by atomic mass is 32.1. The van der Waals surface area contributed by atoms with Crippen molar-refractivity contribution in [3.63, 3.8) is 0 Å². The summed E-state index contributed by atoms with van der Waals surface area (Å²) in [7, 11) is 4.00. The van der Waals surface area contributed by atoms with Crippen LogP contribution < -0.4 is 0 Å². The fraction of sp³-hybridized carbons (Fsp3) is 0.700. The van der Waals surface area contributed by atoms with E-state index in [1.807, 2.05) is 19.0 Å². The van der Waals surface area contributed by atoms with Crippen molar-refractivity contribution in [2.24, 2.45) is 5.41 Å². The number of rotatable bonds is 3. The predicted molar refractivity (Wildman–Crippen MR) is 102 cm³/mol. The number of hydrogen-bond donors (Lipinski definition) is 0. The molecule has 2 aliphatic heterocycles. The Labute approximate surface area is 159 Å². The quantitative estimate of drug-likeness (QED) is 0.761. The number of hydrogen-bond acceptors (Lipinski definition) is 5. The van der Waals surface area contributed by atoms with Gasteiger partial charge in [0, 0.05) is 26.1 Å². The van der Waals surface area contributed by atoms with Gasteiger partial charge in [0.05, 0.1) is 10.3 Å². The van der Waals surface area contributed by atoms with E-state index in [0.29, 0.717) is 13.1 Å². The molecule has 1 unspecified atom stereocenters. The zero-order valence-corrected chi connectivity index (χ0v) is 16.6. The second-order valence-corrected chi connectivity index (χ2v) is 9.22. The van der Waals surface area contributed by atoms with Gasteiger partial charge in [-0.3, -0.25) is 9.59 Å². The number of nitrogens with zero attached hydrogens (tertiary/aromatic N) is 2. The third-order valence-electron chi connectivity index (χ3n) is 6.20. The maximum atomic E-state index is 13.0. The van der Waals surface area contributed by atoms with Crippen molar-refractivity contribution in [2.75, 3.05) is 33.7 Å². The summed E-state index contributed by atoms with van der Waals surface area (Å²) < 4.78 is 5.63. The van der Waals surface area contributed by atoms with Crippen LogP contribution in [0.3, 0.4) is 0 Å². The molecule has 3 aliphatic rings. The molecule has 1 aliphatic carbocycles. The number of carbonyl (C=O) groups is 2. The number of likely N-dealkylation sites (N-methyl/N-ethyl adjacent to an activating group) is 1. The van der Waals surface area contributed by atoms with Gasteiger partial charge in [-0.05, 0) is 69.1 Å². The van der Waals surface area contributed by atoms with Crippen molar-refractivity contribution < 1.29 is 14.3 Å². The van der Waals surface area contributed by atoms with Crippen LogP contribution in [0.4, 0.5) is 0 Å². The van der Waals surface area contributed by atoms with Gasteiger partial charge in [-0.2, -0.15) is 0 Å². The SMILES string of the molecule is CN(C)CC1CC2(CCN(C(=O)c3scc4c3CCCC4)CC2)C(=O)O1. The molecule has 0 N–H and O–H groups in total. The van der Waals surface area contributed by atoms with Gasteiger partial charge in [-0.15, -0.1) is 11.3 Å². The lowest BCUT2D eigenvalue weighted by atomic mass is 9.76. The van der Waals surface area contributed by atoms with Crippen LogP contribution in [0.5, 0.6) is 0 Å². The molecule has 0 saturated carbocycles. The van der Waals surface area contributed by atoms with Crippen LogP contribution in [0.1, 0.15) is 52.9 Å². The van der Waals surface area contributed by atoms with Crippen molar-refractivity contribution in [3.05, 3.63) is 21.4 Å². The molecule has 1 atom stereocenters. The van der Waals surface area contributed by atoms with E-state index in [1.54, 1.807) is 11.3 Å². The maximum Gasteiger partial charge on any atom is 0.312 e. The molecule has 2 saturated heterocycles. The van der Waals surface area contributed by atoms with Gasteiger partial charge < -0.3 is 14.5 Å². The second kappa shape index (κ2) is 6.97. The van der Waals surface area contributed by atoms with E-state index in [-0.39, 0.29) is 23.4 Å². The third-order valence-corrected chi connectivity index (χ3v) is 7.26. The molecule has 1 spiro atoms. The first-order chi connectivity index (χ1) is 12.5. The van der Waals surface area contributed by atoms with Gasteiger partial charge in [0.2, 0.25) is 0 Å². The van der Waals surface area contributed by atoms with E-state index in [2.05, 4.69) is 10.3 Å². The topological polar surface area (TPSA) is 49.9 Å². The predicted octanol–water partition coefficient (Wildman–Crippen LogP) is 2.73. The Morgan fingerprint density at radius 3 is 2.77 bits per heavy atom. The Hall–Kier alpha value is -1.40. The summed E-state index contributed by atoms with van der Waals surface area (Å²) in [6.07, 6.45) is 6.82. The Morgan fingerprint density at radius 1 is 1.31 bits per heavy atom. The molecule has 6 heteroatoms. The number of amides is 1. The summed E-state index contributed by atoms with van der Waals surface area (Å²) in [5.74, 6) is 0.120. The molecule has 3 heterocycles. The summed E-state index contributed by atoms with van der Waals surface area (Å²) in [6.45, 7) is 2.10. The summed E-state index contributed by atoms with van der Waals surface area (Å²) >= 11 is 1.61. The molecule has 142 valence electrons. The van der Waals surface area contributed by atoms with Crippen molar-refractivity contribution >= 4 is 23.2 Å². The molecular weight excluding hydrogens is 348 g/mol. The van der Waals surface area contributed by atoms with Gasteiger partial charge >= 0.3 is 5.97 Å². The third kappa shape index (κ3) is 3.18. The number of likely N-dealkylation sites (tertiary alicyclic amines) is 1. The minimum atomic E-state index is -0.369. The molecule has 1 aromatic heterocycles. The van der Waals surface area contributed by atoms with Crippen molar-refractivity contribution in [3.8, 4) is 0 Å². The largest absolute Gasteiger partial charge is 0.461 e. The minimum Gasteiger partial charge on any atom is -0.461 e. The molecule has 0 radical (unpaired) electrons. The maximum absolute atomic E-state index is 13.0. The van der Waals surface area contributed by atoms with Crippen LogP contribution in [0, 0.1) is 5.41 Å². The fourth-order valence-electron chi connectivity index (χ4n) is 4.73. The Kier molecular flexibility index (Phi) is 4.82. The molecule has 2 fully saturated rings. The summed E-state index contributed by atoms with van der Waals surface area (Å²) in [5, 5.41) is 2.17. The molecule has 26 heavy (non-hydrogen) atoms. The van der Waals surface area contributed by atoms with Crippen LogP contribution in [0.15, 0.2) is 5.38 Å². The normalized spacial score (nSPS) is 24.8. The van der Waals surface area contributed by atoms with E-state index in [0.717, 1.165) is 43.5 Å². The molecule has 4 rings (SSSR count). The second-order valence-electron chi connectivity index (χ2n) is 8.34.